The molecule has 1 saturated carbocycles. The Kier molecular flexibility index (Phi) is 1.86. The summed E-state index contributed by atoms with van der Waals surface area (Å²) in [6.07, 6.45) is 4.34. The second-order valence-electron chi connectivity index (χ2n) is 5.32. The normalized spacial score (nSPS) is 27.1. The van der Waals surface area contributed by atoms with E-state index in [4.69, 9.17) is 5.10 Å². The predicted octanol–water partition coefficient (Wildman–Crippen LogP) is 1.50. The first-order valence-electron chi connectivity index (χ1n) is 6.40. The highest BCUT2D eigenvalue weighted by Gasteiger charge is 2.36. The largest absolute Gasteiger partial charge is 0.312 e. The van der Waals surface area contributed by atoms with Crippen molar-refractivity contribution < 1.29 is 0 Å². The predicted molar refractivity (Wildman–Crippen MR) is 64.9 cm³/mol. The van der Waals surface area contributed by atoms with Gasteiger partial charge in [-0.1, -0.05) is 6.92 Å². The zero-order valence-electron chi connectivity index (χ0n) is 9.98. The summed E-state index contributed by atoms with van der Waals surface area (Å²) in [5.41, 5.74) is 4.88. The van der Waals surface area contributed by atoms with Crippen LogP contribution >= 0.6 is 0 Å². The second kappa shape index (κ2) is 3.29. The Balaban J connectivity index is 1.88. The molecule has 0 aromatic carbocycles. The number of hydrogen-bond donors (Lipinski definition) is 1. The lowest BCUT2D eigenvalue weighted by Crippen LogP contribution is -2.26. The van der Waals surface area contributed by atoms with Crippen LogP contribution < -0.4 is 5.32 Å². The van der Waals surface area contributed by atoms with Crippen LogP contribution in [0.1, 0.15) is 36.2 Å². The fraction of sp³-hybridized carbons (Fsp3) is 0.538. The first kappa shape index (κ1) is 9.59. The first-order chi connectivity index (χ1) is 8.33. The van der Waals surface area contributed by atoms with E-state index in [1.54, 1.807) is 0 Å². The Morgan fingerprint density at radius 2 is 2.35 bits per heavy atom. The van der Waals surface area contributed by atoms with Crippen molar-refractivity contribution in [2.45, 2.75) is 32.2 Å². The van der Waals surface area contributed by atoms with E-state index in [2.05, 4.69) is 27.8 Å². The number of rotatable bonds is 1. The maximum atomic E-state index is 4.76. The molecule has 1 fully saturated rings. The van der Waals surface area contributed by atoms with Gasteiger partial charge in [0, 0.05) is 43.3 Å². The van der Waals surface area contributed by atoms with E-state index < -0.39 is 0 Å². The van der Waals surface area contributed by atoms with Gasteiger partial charge in [-0.25, -0.2) is 9.50 Å². The van der Waals surface area contributed by atoms with Crippen molar-refractivity contribution >= 4 is 5.65 Å². The van der Waals surface area contributed by atoms with Gasteiger partial charge in [0.1, 0.15) is 0 Å². The molecular formula is C13H16N4. The summed E-state index contributed by atoms with van der Waals surface area (Å²) < 4.78 is 2.07. The molecule has 2 unspecified atom stereocenters. The maximum absolute atomic E-state index is 4.76. The first-order valence-corrected chi connectivity index (χ1v) is 6.40. The lowest BCUT2D eigenvalue weighted by Gasteiger charge is -2.16. The summed E-state index contributed by atoms with van der Waals surface area (Å²) in [5, 5.41) is 8.14. The van der Waals surface area contributed by atoms with Crippen molar-refractivity contribution in [2.24, 2.45) is 5.92 Å². The highest BCUT2D eigenvalue weighted by atomic mass is 15.3. The molecule has 88 valence electrons. The summed E-state index contributed by atoms with van der Waals surface area (Å²) in [7, 11) is 0. The molecule has 17 heavy (non-hydrogen) atoms. The van der Waals surface area contributed by atoms with Gasteiger partial charge in [-0.05, 0) is 12.3 Å². The molecule has 0 amide bonds. The molecular weight excluding hydrogens is 212 g/mol. The molecule has 2 aromatic rings. The fourth-order valence-corrected chi connectivity index (χ4v) is 2.79. The SMILES string of the molecule is CC1CC1c1cc2ncc3c(n2n1)CCNC3. The van der Waals surface area contributed by atoms with Gasteiger partial charge in [0.25, 0.3) is 0 Å². The zero-order chi connectivity index (χ0) is 11.4. The van der Waals surface area contributed by atoms with Crippen molar-refractivity contribution in [3.63, 3.8) is 0 Å². The number of aromatic nitrogens is 3. The second-order valence-corrected chi connectivity index (χ2v) is 5.32. The highest BCUT2D eigenvalue weighted by Crippen LogP contribution is 2.46. The summed E-state index contributed by atoms with van der Waals surface area (Å²) in [5.74, 6) is 1.48. The van der Waals surface area contributed by atoms with Crippen LogP contribution in [0.25, 0.3) is 5.65 Å². The molecule has 1 aliphatic carbocycles. The molecule has 0 radical (unpaired) electrons. The van der Waals surface area contributed by atoms with Crippen LogP contribution in [0, 0.1) is 5.92 Å². The van der Waals surface area contributed by atoms with Gasteiger partial charge < -0.3 is 5.32 Å². The molecule has 0 bridgehead atoms. The molecule has 2 aromatic heterocycles. The Bertz CT molecular complexity index is 586. The van der Waals surface area contributed by atoms with E-state index in [9.17, 15) is 0 Å². The van der Waals surface area contributed by atoms with Gasteiger partial charge in [0.2, 0.25) is 0 Å². The third-order valence-corrected chi connectivity index (χ3v) is 4.03. The van der Waals surface area contributed by atoms with Crippen LogP contribution in [0.15, 0.2) is 12.3 Å². The third kappa shape index (κ3) is 1.40. The molecule has 4 nitrogen and oxygen atoms in total. The number of nitrogens with one attached hydrogen (secondary N) is 1. The van der Waals surface area contributed by atoms with Crippen LogP contribution in [0.3, 0.4) is 0 Å². The van der Waals surface area contributed by atoms with Crippen LogP contribution in [-0.4, -0.2) is 21.1 Å². The van der Waals surface area contributed by atoms with E-state index in [1.165, 1.54) is 23.4 Å². The quantitative estimate of drug-likeness (QED) is 0.804. The third-order valence-electron chi connectivity index (χ3n) is 4.03. The highest BCUT2D eigenvalue weighted by molar-refractivity contribution is 5.44. The van der Waals surface area contributed by atoms with E-state index in [0.29, 0.717) is 5.92 Å². The van der Waals surface area contributed by atoms with Gasteiger partial charge in [-0.2, -0.15) is 5.10 Å². The molecule has 0 spiro atoms. The van der Waals surface area contributed by atoms with Crippen LogP contribution in [0.5, 0.6) is 0 Å². The van der Waals surface area contributed by atoms with E-state index in [-0.39, 0.29) is 0 Å². The number of nitrogens with zero attached hydrogens (tertiary/aromatic N) is 3. The molecule has 3 heterocycles. The molecule has 2 atom stereocenters. The van der Waals surface area contributed by atoms with Crippen molar-refractivity contribution in [3.05, 3.63) is 29.2 Å². The molecule has 2 aliphatic rings. The topological polar surface area (TPSA) is 42.2 Å². The van der Waals surface area contributed by atoms with E-state index >= 15 is 0 Å². The van der Waals surface area contributed by atoms with Crippen LogP contribution in [0.2, 0.25) is 0 Å². The van der Waals surface area contributed by atoms with E-state index in [0.717, 1.165) is 31.1 Å². The Morgan fingerprint density at radius 3 is 3.18 bits per heavy atom. The lowest BCUT2D eigenvalue weighted by molar-refractivity contribution is 0.608. The van der Waals surface area contributed by atoms with E-state index in [1.807, 2.05) is 6.20 Å². The van der Waals surface area contributed by atoms with Crippen molar-refractivity contribution in [2.75, 3.05) is 6.54 Å². The Labute approximate surface area is 100 Å². The van der Waals surface area contributed by atoms with Gasteiger partial charge >= 0.3 is 0 Å². The molecule has 4 heteroatoms. The van der Waals surface area contributed by atoms with Gasteiger partial charge in [-0.15, -0.1) is 0 Å². The van der Waals surface area contributed by atoms with Gasteiger partial charge in [0.05, 0.1) is 11.4 Å². The standard InChI is InChI=1S/C13H16N4/c1-8-4-10(8)11-5-13-15-7-9-6-14-3-2-12(9)17(13)16-11/h5,7-8,10,14H,2-4,6H2,1H3. The Morgan fingerprint density at radius 1 is 1.47 bits per heavy atom. The summed E-state index contributed by atoms with van der Waals surface area (Å²) >= 11 is 0. The number of fused-ring (bicyclic) bond motifs is 3. The maximum Gasteiger partial charge on any atom is 0.155 e. The molecule has 4 rings (SSSR count). The van der Waals surface area contributed by atoms with Gasteiger partial charge in [-0.3, -0.25) is 0 Å². The monoisotopic (exact) mass is 228 g/mol. The van der Waals surface area contributed by atoms with Gasteiger partial charge in [0.15, 0.2) is 5.65 Å². The fourth-order valence-electron chi connectivity index (χ4n) is 2.79. The summed E-state index contributed by atoms with van der Waals surface area (Å²) in [6, 6.07) is 2.16. The summed E-state index contributed by atoms with van der Waals surface area (Å²) in [6.45, 7) is 4.26. The molecule has 1 N–H and O–H groups in total. The molecule has 0 saturated heterocycles. The number of hydrogen-bond acceptors (Lipinski definition) is 3. The average Bonchev–Trinajstić information content (AvgIpc) is 2.93. The smallest absolute Gasteiger partial charge is 0.155 e. The zero-order valence-corrected chi connectivity index (χ0v) is 9.98. The van der Waals surface area contributed by atoms with Crippen molar-refractivity contribution in [1.82, 2.24) is 19.9 Å². The Hall–Kier alpha value is -1.42. The lowest BCUT2D eigenvalue weighted by atomic mass is 10.1. The van der Waals surface area contributed by atoms with Crippen LogP contribution in [-0.2, 0) is 13.0 Å². The summed E-state index contributed by atoms with van der Waals surface area (Å²) in [4.78, 5) is 4.51. The van der Waals surface area contributed by atoms with Crippen molar-refractivity contribution in [3.8, 4) is 0 Å². The average molecular weight is 228 g/mol. The minimum Gasteiger partial charge on any atom is -0.312 e. The molecule has 1 aliphatic heterocycles. The minimum atomic E-state index is 0.675. The minimum absolute atomic E-state index is 0.675. The van der Waals surface area contributed by atoms with Crippen molar-refractivity contribution in [1.29, 1.82) is 0 Å². The van der Waals surface area contributed by atoms with Crippen LogP contribution in [0.4, 0.5) is 0 Å².